The Morgan fingerprint density at radius 1 is 1.08 bits per heavy atom. The van der Waals surface area contributed by atoms with Gasteiger partial charge >= 0.3 is 0 Å². The van der Waals surface area contributed by atoms with Crippen LogP contribution < -0.4 is 10.1 Å². The van der Waals surface area contributed by atoms with Crippen molar-refractivity contribution in [3.8, 4) is 5.75 Å². The highest BCUT2D eigenvalue weighted by molar-refractivity contribution is 9.11. The molecule has 4 rings (SSSR count). The van der Waals surface area contributed by atoms with Gasteiger partial charge in [0.05, 0.1) is 20.4 Å². The van der Waals surface area contributed by atoms with Crippen LogP contribution in [0.25, 0.3) is 6.08 Å². The number of ether oxygens (including phenoxy) is 1. The number of amides is 3. The van der Waals surface area contributed by atoms with E-state index in [1.807, 2.05) is 31.2 Å². The highest BCUT2D eigenvalue weighted by Gasteiger charge is 2.35. The van der Waals surface area contributed by atoms with Crippen molar-refractivity contribution >= 4 is 84.0 Å². The molecule has 0 atom stereocenters. The van der Waals surface area contributed by atoms with Crippen LogP contribution in [0.4, 0.5) is 10.5 Å². The second-order valence-electron chi connectivity index (χ2n) is 7.91. The smallest absolute Gasteiger partial charge is 0.293 e. The van der Waals surface area contributed by atoms with E-state index < -0.39 is 0 Å². The van der Waals surface area contributed by atoms with Crippen molar-refractivity contribution in [1.82, 2.24) is 4.90 Å². The molecule has 6 nitrogen and oxygen atoms in total. The molecule has 0 radical (unpaired) electrons. The third-order valence-electron chi connectivity index (χ3n) is 5.10. The Labute approximate surface area is 234 Å². The van der Waals surface area contributed by atoms with Crippen molar-refractivity contribution in [3.05, 3.63) is 96.2 Å². The van der Waals surface area contributed by atoms with Crippen LogP contribution in [0.1, 0.15) is 16.7 Å². The van der Waals surface area contributed by atoms with E-state index in [1.165, 1.54) is 4.90 Å². The van der Waals surface area contributed by atoms with E-state index in [4.69, 9.17) is 16.3 Å². The maximum Gasteiger partial charge on any atom is 0.293 e. The first kappa shape index (κ1) is 26.5. The first-order valence-electron chi connectivity index (χ1n) is 10.7. The van der Waals surface area contributed by atoms with Crippen LogP contribution in [-0.4, -0.2) is 28.6 Å². The van der Waals surface area contributed by atoms with Crippen LogP contribution in [0.15, 0.2) is 74.5 Å². The molecule has 0 unspecified atom stereocenters. The van der Waals surface area contributed by atoms with Crippen LogP contribution in [0.3, 0.4) is 0 Å². The monoisotopic (exact) mass is 648 g/mol. The fraction of sp³-hybridized carbons (Fsp3) is 0.115. The number of hydrogen-bond acceptors (Lipinski definition) is 5. The molecule has 184 valence electrons. The summed E-state index contributed by atoms with van der Waals surface area (Å²) in [5.41, 5.74) is 3.23. The zero-order valence-corrected chi connectivity index (χ0v) is 23.6. The highest BCUT2D eigenvalue weighted by atomic mass is 79.9. The first-order valence-corrected chi connectivity index (χ1v) is 13.5. The van der Waals surface area contributed by atoms with Crippen LogP contribution >= 0.6 is 55.2 Å². The summed E-state index contributed by atoms with van der Waals surface area (Å²) < 4.78 is 6.90. The standard InChI is InChI=1S/C26H19Br2ClN2O4S/c1-15-3-2-4-19(9-15)30-23(32)14-35-24-20(27)10-17(11-21(24)28)12-22-25(33)31(26(34)36-22)13-16-5-7-18(29)8-6-16/h2-12H,13-14H2,1H3,(H,30,32)/b22-12-. The second kappa shape index (κ2) is 11.6. The number of benzene rings is 3. The molecule has 3 amide bonds. The zero-order chi connectivity index (χ0) is 25.8. The lowest BCUT2D eigenvalue weighted by molar-refractivity contribution is -0.123. The lowest BCUT2D eigenvalue weighted by Crippen LogP contribution is -2.27. The Morgan fingerprint density at radius 3 is 2.44 bits per heavy atom. The van der Waals surface area contributed by atoms with Gasteiger partial charge in [0.2, 0.25) is 0 Å². The molecular formula is C26H19Br2ClN2O4S. The number of anilines is 1. The van der Waals surface area contributed by atoms with Gasteiger partial charge < -0.3 is 10.1 Å². The van der Waals surface area contributed by atoms with Crippen molar-refractivity contribution < 1.29 is 19.1 Å². The summed E-state index contributed by atoms with van der Waals surface area (Å²) >= 11 is 13.7. The predicted molar refractivity (Wildman–Crippen MR) is 150 cm³/mol. The number of nitrogens with one attached hydrogen (secondary N) is 1. The number of rotatable bonds is 7. The Kier molecular flexibility index (Phi) is 8.56. The van der Waals surface area contributed by atoms with Crippen LogP contribution in [0.5, 0.6) is 5.75 Å². The summed E-state index contributed by atoms with van der Waals surface area (Å²) in [6.07, 6.45) is 1.65. The van der Waals surface area contributed by atoms with Crippen molar-refractivity contribution in [1.29, 1.82) is 0 Å². The van der Waals surface area contributed by atoms with E-state index in [0.717, 1.165) is 22.9 Å². The van der Waals surface area contributed by atoms with Gasteiger partial charge in [0.1, 0.15) is 5.75 Å². The number of carbonyl (C=O) groups excluding carboxylic acids is 3. The van der Waals surface area contributed by atoms with Crippen LogP contribution in [0.2, 0.25) is 5.02 Å². The summed E-state index contributed by atoms with van der Waals surface area (Å²) in [4.78, 5) is 39.2. The Balaban J connectivity index is 1.43. The summed E-state index contributed by atoms with van der Waals surface area (Å²) in [6.45, 7) is 1.93. The number of nitrogens with zero attached hydrogens (tertiary/aromatic N) is 1. The first-order chi connectivity index (χ1) is 17.2. The summed E-state index contributed by atoms with van der Waals surface area (Å²) in [5, 5.41) is 3.05. The van der Waals surface area contributed by atoms with Crippen LogP contribution in [0, 0.1) is 6.92 Å². The molecule has 1 aliphatic rings. The molecular weight excluding hydrogens is 632 g/mol. The van der Waals surface area contributed by atoms with Crippen molar-refractivity contribution in [3.63, 3.8) is 0 Å². The van der Waals surface area contributed by atoms with Crippen molar-refractivity contribution in [2.75, 3.05) is 11.9 Å². The fourth-order valence-corrected chi connectivity index (χ4v) is 5.83. The summed E-state index contributed by atoms with van der Waals surface area (Å²) in [5.74, 6) is -0.208. The summed E-state index contributed by atoms with van der Waals surface area (Å²) in [7, 11) is 0. The molecule has 10 heteroatoms. The summed E-state index contributed by atoms with van der Waals surface area (Å²) in [6, 6.07) is 18.0. The van der Waals surface area contributed by atoms with Gasteiger partial charge in [-0.25, -0.2) is 0 Å². The predicted octanol–water partition coefficient (Wildman–Crippen LogP) is 7.43. The number of hydrogen-bond donors (Lipinski definition) is 1. The quantitative estimate of drug-likeness (QED) is 0.269. The molecule has 1 aliphatic heterocycles. The topological polar surface area (TPSA) is 75.7 Å². The van der Waals surface area contributed by atoms with E-state index in [2.05, 4.69) is 37.2 Å². The van der Waals surface area contributed by atoms with Gasteiger partial charge in [0, 0.05) is 10.7 Å². The van der Waals surface area contributed by atoms with Gasteiger partial charge in [0.25, 0.3) is 17.1 Å². The Bertz CT molecular complexity index is 1360. The van der Waals surface area contributed by atoms with Gasteiger partial charge in [-0.3, -0.25) is 19.3 Å². The molecule has 0 saturated carbocycles. The molecule has 0 bridgehead atoms. The molecule has 1 heterocycles. The maximum atomic E-state index is 12.9. The third kappa shape index (κ3) is 6.59. The van der Waals surface area contributed by atoms with E-state index >= 15 is 0 Å². The van der Waals surface area contributed by atoms with E-state index in [0.29, 0.717) is 35.9 Å². The average molecular weight is 651 g/mol. The van der Waals surface area contributed by atoms with Crippen molar-refractivity contribution in [2.45, 2.75) is 13.5 Å². The zero-order valence-electron chi connectivity index (χ0n) is 18.9. The number of halogens is 3. The SMILES string of the molecule is Cc1cccc(NC(=O)COc2c(Br)cc(/C=C3\SC(=O)N(Cc4ccc(Cl)cc4)C3=O)cc2Br)c1. The molecule has 36 heavy (non-hydrogen) atoms. The molecule has 1 N–H and O–H groups in total. The van der Waals surface area contributed by atoms with E-state index in [1.54, 1.807) is 42.5 Å². The molecule has 0 spiro atoms. The Morgan fingerprint density at radius 2 is 1.78 bits per heavy atom. The van der Waals surface area contributed by atoms with E-state index in [9.17, 15) is 14.4 Å². The van der Waals surface area contributed by atoms with Crippen molar-refractivity contribution in [2.24, 2.45) is 0 Å². The largest absolute Gasteiger partial charge is 0.481 e. The minimum atomic E-state index is -0.361. The maximum absolute atomic E-state index is 12.9. The molecule has 1 saturated heterocycles. The molecule has 1 fully saturated rings. The van der Waals surface area contributed by atoms with Crippen LogP contribution in [-0.2, 0) is 16.1 Å². The minimum absolute atomic E-state index is 0.171. The second-order valence-corrected chi connectivity index (χ2v) is 11.1. The molecule has 3 aromatic rings. The highest BCUT2D eigenvalue weighted by Crippen LogP contribution is 2.38. The minimum Gasteiger partial charge on any atom is -0.481 e. The molecule has 3 aromatic carbocycles. The van der Waals surface area contributed by atoms with Gasteiger partial charge in [-0.2, -0.15) is 0 Å². The normalized spacial score (nSPS) is 14.4. The lowest BCUT2D eigenvalue weighted by atomic mass is 10.2. The van der Waals surface area contributed by atoms with Gasteiger partial charge in [-0.1, -0.05) is 35.9 Å². The third-order valence-corrected chi connectivity index (χ3v) is 7.43. The number of thioether (sulfide) groups is 1. The average Bonchev–Trinajstić information content (AvgIpc) is 3.07. The molecule has 0 aromatic heterocycles. The number of aryl methyl sites for hydroxylation is 1. The van der Waals surface area contributed by atoms with Gasteiger partial charge in [-0.15, -0.1) is 0 Å². The molecule has 0 aliphatic carbocycles. The number of carbonyl (C=O) groups is 3. The lowest BCUT2D eigenvalue weighted by Gasteiger charge is -2.13. The van der Waals surface area contributed by atoms with Gasteiger partial charge in [-0.05, 0) is 110 Å². The fourth-order valence-electron chi connectivity index (χ4n) is 3.42. The van der Waals surface area contributed by atoms with E-state index in [-0.39, 0.29) is 30.2 Å². The van der Waals surface area contributed by atoms with Gasteiger partial charge in [0.15, 0.2) is 6.61 Å². The number of imide groups is 1. The Hall–Kier alpha value is -2.59.